The van der Waals surface area contributed by atoms with Crippen molar-refractivity contribution in [1.29, 1.82) is 5.26 Å². The number of aromatic nitrogens is 1. The highest BCUT2D eigenvalue weighted by Crippen LogP contribution is 2.28. The maximum Gasteiger partial charge on any atom is 0.268 e. The van der Waals surface area contributed by atoms with Crippen LogP contribution in [-0.2, 0) is 11.2 Å². The van der Waals surface area contributed by atoms with Crippen LogP contribution in [0.15, 0.2) is 48.2 Å². The first kappa shape index (κ1) is 21.7. The summed E-state index contributed by atoms with van der Waals surface area (Å²) in [6.07, 6.45) is 3.59. The molecule has 3 rings (SSSR count). The van der Waals surface area contributed by atoms with Crippen LogP contribution in [0.4, 0.5) is 5.13 Å². The predicted octanol–water partition coefficient (Wildman–Crippen LogP) is 5.30. The molecule has 0 radical (unpaired) electrons. The lowest BCUT2D eigenvalue weighted by Crippen LogP contribution is -2.13. The van der Waals surface area contributed by atoms with Crippen LogP contribution in [0.25, 0.3) is 6.08 Å². The highest BCUT2D eigenvalue weighted by atomic mass is 35.5. The molecule has 1 aromatic heterocycles. The number of carbonyl (C=O) groups excluding carboxylic acids is 1. The molecular formula is C21H15Cl2N3O3S. The lowest BCUT2D eigenvalue weighted by molar-refractivity contribution is -0.112. The number of benzene rings is 2. The summed E-state index contributed by atoms with van der Waals surface area (Å²) < 4.78 is 5.04. The van der Waals surface area contributed by atoms with Crippen molar-refractivity contribution in [3.63, 3.8) is 0 Å². The number of hydrogen-bond donors (Lipinski definition) is 2. The summed E-state index contributed by atoms with van der Waals surface area (Å²) in [7, 11) is 1.41. The van der Waals surface area contributed by atoms with Crippen molar-refractivity contribution in [1.82, 2.24) is 4.98 Å². The molecule has 152 valence electrons. The molecular weight excluding hydrogens is 445 g/mol. The van der Waals surface area contributed by atoms with Gasteiger partial charge < -0.3 is 9.84 Å². The minimum absolute atomic E-state index is 0.0336. The summed E-state index contributed by atoms with van der Waals surface area (Å²) in [5.41, 5.74) is 1.32. The van der Waals surface area contributed by atoms with Gasteiger partial charge in [0.05, 0.1) is 7.11 Å². The number of hydrogen-bond acceptors (Lipinski definition) is 6. The Morgan fingerprint density at radius 2 is 2.13 bits per heavy atom. The molecule has 9 heteroatoms. The number of carbonyl (C=O) groups is 1. The Kier molecular flexibility index (Phi) is 6.95. The van der Waals surface area contributed by atoms with Crippen LogP contribution in [0.1, 0.15) is 16.0 Å². The van der Waals surface area contributed by atoms with E-state index in [0.717, 1.165) is 10.4 Å². The number of phenols is 1. The average molecular weight is 460 g/mol. The first-order valence-electron chi connectivity index (χ1n) is 8.58. The highest BCUT2D eigenvalue weighted by Gasteiger charge is 2.13. The fourth-order valence-corrected chi connectivity index (χ4v) is 3.87. The van der Waals surface area contributed by atoms with Crippen LogP contribution < -0.4 is 10.1 Å². The number of halogens is 2. The van der Waals surface area contributed by atoms with E-state index in [1.54, 1.807) is 24.4 Å². The number of ether oxygens (including phenoxy) is 1. The summed E-state index contributed by atoms with van der Waals surface area (Å²) in [4.78, 5) is 17.6. The van der Waals surface area contributed by atoms with Gasteiger partial charge in [0.15, 0.2) is 16.6 Å². The fourth-order valence-electron chi connectivity index (χ4n) is 2.56. The van der Waals surface area contributed by atoms with Gasteiger partial charge in [-0.25, -0.2) is 4.98 Å². The average Bonchev–Trinajstić information content (AvgIpc) is 3.16. The quantitative estimate of drug-likeness (QED) is 0.385. The number of nitrogens with zero attached hydrogens (tertiary/aromatic N) is 2. The van der Waals surface area contributed by atoms with Gasteiger partial charge in [0, 0.05) is 27.5 Å². The number of nitrogens with one attached hydrogen (secondary N) is 1. The molecule has 1 amide bonds. The topological polar surface area (TPSA) is 95.2 Å². The molecule has 0 aliphatic carbocycles. The third-order valence-electron chi connectivity index (χ3n) is 4.03. The Balaban J connectivity index is 1.72. The Hall–Kier alpha value is -3.05. The van der Waals surface area contributed by atoms with Gasteiger partial charge in [-0.05, 0) is 41.5 Å². The lowest BCUT2D eigenvalue weighted by Gasteiger charge is -2.05. The molecule has 0 bridgehead atoms. The van der Waals surface area contributed by atoms with Gasteiger partial charge in [-0.15, -0.1) is 11.3 Å². The molecule has 0 aliphatic heterocycles. The molecule has 0 aliphatic rings. The summed E-state index contributed by atoms with van der Waals surface area (Å²) in [6, 6.07) is 11.7. The van der Waals surface area contributed by atoms with Crippen LogP contribution in [-0.4, -0.2) is 23.1 Å². The Morgan fingerprint density at radius 3 is 2.83 bits per heavy atom. The second kappa shape index (κ2) is 9.63. The molecule has 3 aromatic rings. The van der Waals surface area contributed by atoms with Crippen molar-refractivity contribution in [2.24, 2.45) is 0 Å². The maximum atomic E-state index is 12.5. The van der Waals surface area contributed by atoms with E-state index in [2.05, 4.69) is 10.3 Å². The Bertz CT molecular complexity index is 1170. The van der Waals surface area contributed by atoms with Crippen LogP contribution >= 0.6 is 34.5 Å². The standard InChI is InChI=1S/C21H15Cl2N3O3S/c1-29-19-7-12(2-5-18(19)27)6-14(10-24)20(28)26-21-25-11-16(30-21)8-13-3-4-15(22)9-17(13)23/h2-7,9,11,27H,8H2,1H3,(H,25,26,28). The van der Waals surface area contributed by atoms with Gasteiger partial charge in [-0.1, -0.05) is 35.3 Å². The molecule has 1 heterocycles. The van der Waals surface area contributed by atoms with E-state index < -0.39 is 5.91 Å². The number of phenolic OH excluding ortho intramolecular Hbond substituents is 1. The maximum absolute atomic E-state index is 12.5. The third-order valence-corrected chi connectivity index (χ3v) is 5.53. The third kappa shape index (κ3) is 5.30. The highest BCUT2D eigenvalue weighted by molar-refractivity contribution is 7.15. The van der Waals surface area contributed by atoms with E-state index in [0.29, 0.717) is 27.2 Å². The van der Waals surface area contributed by atoms with Crippen LogP contribution in [0.5, 0.6) is 11.5 Å². The van der Waals surface area contributed by atoms with Gasteiger partial charge in [0.2, 0.25) is 0 Å². The van der Waals surface area contributed by atoms with E-state index in [1.807, 2.05) is 12.1 Å². The van der Waals surface area contributed by atoms with Crippen molar-refractivity contribution in [3.8, 4) is 17.6 Å². The Morgan fingerprint density at radius 1 is 1.33 bits per heavy atom. The minimum atomic E-state index is -0.588. The Labute approximate surface area is 187 Å². The van der Waals surface area contributed by atoms with Gasteiger partial charge in [0.25, 0.3) is 5.91 Å². The summed E-state index contributed by atoms with van der Waals surface area (Å²) in [5, 5.41) is 23.1. The van der Waals surface area contributed by atoms with Crippen LogP contribution in [0.2, 0.25) is 10.0 Å². The number of anilines is 1. The number of aromatic hydroxyl groups is 1. The molecule has 30 heavy (non-hydrogen) atoms. The molecule has 2 N–H and O–H groups in total. The summed E-state index contributed by atoms with van der Waals surface area (Å²) in [6.45, 7) is 0. The molecule has 0 fully saturated rings. The zero-order chi connectivity index (χ0) is 21.7. The zero-order valence-electron chi connectivity index (χ0n) is 15.6. The van der Waals surface area contributed by atoms with E-state index in [-0.39, 0.29) is 17.1 Å². The van der Waals surface area contributed by atoms with Crippen molar-refractivity contribution in [2.45, 2.75) is 6.42 Å². The largest absolute Gasteiger partial charge is 0.504 e. The molecule has 0 saturated carbocycles. The molecule has 0 atom stereocenters. The van der Waals surface area contributed by atoms with Crippen molar-refractivity contribution in [2.75, 3.05) is 12.4 Å². The van der Waals surface area contributed by atoms with E-state index in [9.17, 15) is 15.2 Å². The summed E-state index contributed by atoms with van der Waals surface area (Å²) >= 11 is 13.4. The number of methoxy groups -OCH3 is 1. The normalized spacial score (nSPS) is 11.1. The van der Waals surface area contributed by atoms with Gasteiger partial charge >= 0.3 is 0 Å². The molecule has 0 unspecified atom stereocenters. The minimum Gasteiger partial charge on any atom is -0.504 e. The van der Waals surface area contributed by atoms with Crippen molar-refractivity contribution >= 4 is 51.7 Å². The van der Waals surface area contributed by atoms with Gasteiger partial charge in [-0.2, -0.15) is 5.26 Å². The monoisotopic (exact) mass is 459 g/mol. The molecule has 0 spiro atoms. The van der Waals surface area contributed by atoms with Crippen LogP contribution in [0.3, 0.4) is 0 Å². The second-order valence-electron chi connectivity index (χ2n) is 6.10. The fraction of sp³-hybridized carbons (Fsp3) is 0.0952. The number of amides is 1. The number of rotatable bonds is 6. The molecule has 0 saturated heterocycles. The lowest BCUT2D eigenvalue weighted by atomic mass is 10.1. The van der Waals surface area contributed by atoms with E-state index in [1.165, 1.54) is 36.7 Å². The summed E-state index contributed by atoms with van der Waals surface area (Å²) in [5.74, 6) is -0.379. The van der Waals surface area contributed by atoms with Gasteiger partial charge in [-0.3, -0.25) is 10.1 Å². The van der Waals surface area contributed by atoms with E-state index >= 15 is 0 Å². The first-order chi connectivity index (χ1) is 14.4. The van der Waals surface area contributed by atoms with Crippen molar-refractivity contribution in [3.05, 3.63) is 74.2 Å². The molecule has 6 nitrogen and oxygen atoms in total. The number of thiazole rings is 1. The molecule has 2 aromatic carbocycles. The van der Waals surface area contributed by atoms with E-state index in [4.69, 9.17) is 27.9 Å². The smallest absolute Gasteiger partial charge is 0.268 e. The van der Waals surface area contributed by atoms with Gasteiger partial charge in [0.1, 0.15) is 11.6 Å². The number of nitriles is 1. The second-order valence-corrected chi connectivity index (χ2v) is 8.06. The first-order valence-corrected chi connectivity index (χ1v) is 10.2. The zero-order valence-corrected chi connectivity index (χ0v) is 18.0. The van der Waals surface area contributed by atoms with Crippen LogP contribution in [0, 0.1) is 11.3 Å². The SMILES string of the molecule is COc1cc(C=C(C#N)C(=O)Nc2ncc(Cc3ccc(Cl)cc3Cl)s2)ccc1O. The van der Waals surface area contributed by atoms with Crippen molar-refractivity contribution < 1.29 is 14.6 Å². The predicted molar refractivity (Wildman–Crippen MR) is 118 cm³/mol.